The zero-order valence-electron chi connectivity index (χ0n) is 19.0. The number of carbonyl (C=O) groups is 1. The fourth-order valence-corrected chi connectivity index (χ4v) is 4.20. The van der Waals surface area contributed by atoms with Crippen LogP contribution >= 0.6 is 0 Å². The predicted octanol–water partition coefficient (Wildman–Crippen LogP) is 5.65. The Bertz CT molecular complexity index is 1130. The van der Waals surface area contributed by atoms with Gasteiger partial charge in [0.05, 0.1) is 11.3 Å². The van der Waals surface area contributed by atoms with E-state index in [2.05, 4.69) is 6.92 Å². The number of unbranched alkanes of at least 4 members (excludes halogenated alkanes) is 1. The first kappa shape index (κ1) is 23.5. The van der Waals surface area contributed by atoms with Crippen LogP contribution in [0.25, 0.3) is 11.1 Å². The highest BCUT2D eigenvalue weighted by Gasteiger charge is 2.21. The van der Waals surface area contributed by atoms with Crippen LogP contribution in [0, 0.1) is 0 Å². The van der Waals surface area contributed by atoms with Crippen molar-refractivity contribution in [1.29, 1.82) is 0 Å². The van der Waals surface area contributed by atoms with Gasteiger partial charge in [0.2, 0.25) is 0 Å². The minimum atomic E-state index is -0.956. The van der Waals surface area contributed by atoms with Crippen molar-refractivity contribution in [3.05, 3.63) is 81.5 Å². The number of aromatic carboxylic acids is 1. The van der Waals surface area contributed by atoms with Crippen molar-refractivity contribution in [1.82, 2.24) is 9.13 Å². The number of alkyl halides is 1. The van der Waals surface area contributed by atoms with Crippen molar-refractivity contribution >= 4 is 5.97 Å². The van der Waals surface area contributed by atoms with Gasteiger partial charge in [0.25, 0.3) is 0 Å². The molecule has 0 aliphatic heterocycles. The van der Waals surface area contributed by atoms with Crippen molar-refractivity contribution in [3.8, 4) is 11.1 Å². The molecule has 32 heavy (non-hydrogen) atoms. The van der Waals surface area contributed by atoms with E-state index in [-0.39, 0.29) is 17.3 Å². The number of aromatic nitrogens is 2. The summed E-state index contributed by atoms with van der Waals surface area (Å²) in [5, 5.41) is 9.43. The lowest BCUT2D eigenvalue weighted by Crippen LogP contribution is -2.27. The smallest absolute Gasteiger partial charge is 0.336 e. The summed E-state index contributed by atoms with van der Waals surface area (Å²) >= 11 is 0. The number of hydrogen-bond acceptors (Lipinski definition) is 2. The molecule has 0 spiro atoms. The lowest BCUT2D eigenvalue weighted by Gasteiger charge is -2.10. The maximum absolute atomic E-state index is 13.9. The lowest BCUT2D eigenvalue weighted by atomic mass is 9.98. The normalized spacial score (nSPS) is 11.3. The summed E-state index contributed by atoms with van der Waals surface area (Å²) in [7, 11) is 0. The third-order valence-electron chi connectivity index (χ3n) is 5.84. The molecule has 0 aliphatic carbocycles. The van der Waals surface area contributed by atoms with Crippen LogP contribution in [0.1, 0.15) is 67.0 Å². The number of carboxylic acid groups (broad SMARTS) is 1. The molecule has 1 N–H and O–H groups in total. The number of aryl methyl sites for hydroxylation is 1. The van der Waals surface area contributed by atoms with Crippen molar-refractivity contribution < 1.29 is 14.3 Å². The Morgan fingerprint density at radius 1 is 1.03 bits per heavy atom. The lowest BCUT2D eigenvalue weighted by molar-refractivity contribution is 0.0697. The first-order chi connectivity index (χ1) is 15.4. The standard InChI is InChI=1S/C26H31FN2O3/c1-4-5-10-23-24(17-27)29(18(2)3)26(32)28(23)16-15-19-11-13-20(14-12-19)21-8-6-7-9-22(21)25(30)31/h6-9,11-14,18H,4-5,10,15-17H2,1-3H3,(H,30,31). The Hall–Kier alpha value is -3.15. The number of benzene rings is 2. The molecule has 0 aliphatic rings. The van der Waals surface area contributed by atoms with Crippen LogP contribution in [0.15, 0.2) is 53.3 Å². The summed E-state index contributed by atoms with van der Waals surface area (Å²) in [4.78, 5) is 24.5. The number of hydrogen-bond donors (Lipinski definition) is 1. The molecule has 3 aromatic rings. The minimum Gasteiger partial charge on any atom is -0.478 e. The summed E-state index contributed by atoms with van der Waals surface area (Å²) < 4.78 is 17.2. The Morgan fingerprint density at radius 3 is 2.31 bits per heavy atom. The Morgan fingerprint density at radius 2 is 1.72 bits per heavy atom. The van der Waals surface area contributed by atoms with Crippen molar-refractivity contribution in [2.75, 3.05) is 0 Å². The van der Waals surface area contributed by atoms with E-state index in [0.717, 1.165) is 29.7 Å². The molecule has 0 saturated heterocycles. The van der Waals surface area contributed by atoms with Gasteiger partial charge in [-0.15, -0.1) is 0 Å². The van der Waals surface area contributed by atoms with E-state index in [0.29, 0.717) is 30.6 Å². The monoisotopic (exact) mass is 438 g/mol. The molecule has 1 aromatic heterocycles. The SMILES string of the molecule is CCCCc1c(CF)n(C(C)C)c(=O)n1CCc1ccc(-c2ccccc2C(=O)O)cc1. The molecular formula is C26H31FN2O3. The number of halogens is 1. The molecule has 1 heterocycles. The van der Waals surface area contributed by atoms with Gasteiger partial charge < -0.3 is 5.11 Å². The molecule has 2 aromatic carbocycles. The molecule has 0 fully saturated rings. The van der Waals surface area contributed by atoms with Crippen molar-refractivity contribution in [2.45, 2.75) is 65.7 Å². The van der Waals surface area contributed by atoms with Gasteiger partial charge in [0.15, 0.2) is 0 Å². The highest BCUT2D eigenvalue weighted by atomic mass is 19.1. The number of imidazole rings is 1. The molecule has 0 radical (unpaired) electrons. The Labute approximate surface area is 188 Å². The largest absolute Gasteiger partial charge is 0.478 e. The molecule has 3 rings (SSSR count). The first-order valence-electron chi connectivity index (χ1n) is 11.2. The van der Waals surface area contributed by atoms with Crippen LogP contribution < -0.4 is 5.69 Å². The van der Waals surface area contributed by atoms with Gasteiger partial charge in [0.1, 0.15) is 6.67 Å². The van der Waals surface area contributed by atoms with Crippen LogP contribution in [0.4, 0.5) is 4.39 Å². The molecular weight excluding hydrogens is 407 g/mol. The van der Waals surface area contributed by atoms with Gasteiger partial charge in [-0.25, -0.2) is 14.0 Å². The second-order valence-electron chi connectivity index (χ2n) is 8.33. The fraction of sp³-hybridized carbons (Fsp3) is 0.385. The van der Waals surface area contributed by atoms with Crippen molar-refractivity contribution in [3.63, 3.8) is 0 Å². The van der Waals surface area contributed by atoms with Crippen LogP contribution in [0.2, 0.25) is 0 Å². The maximum atomic E-state index is 13.9. The summed E-state index contributed by atoms with van der Waals surface area (Å²) in [6, 6.07) is 14.6. The maximum Gasteiger partial charge on any atom is 0.336 e. The number of nitrogens with zero attached hydrogens (tertiary/aromatic N) is 2. The Kier molecular flexibility index (Phi) is 7.67. The summed E-state index contributed by atoms with van der Waals surface area (Å²) in [6.45, 7) is 5.73. The molecule has 0 saturated carbocycles. The van der Waals surface area contributed by atoms with Gasteiger partial charge >= 0.3 is 11.7 Å². The molecule has 0 bridgehead atoms. The molecule has 6 heteroatoms. The predicted molar refractivity (Wildman–Crippen MR) is 125 cm³/mol. The first-order valence-corrected chi connectivity index (χ1v) is 11.2. The van der Waals surface area contributed by atoms with Crippen LogP contribution in [-0.2, 0) is 26.1 Å². The average Bonchev–Trinajstić information content (AvgIpc) is 3.07. The quantitative estimate of drug-likeness (QED) is 0.445. The third kappa shape index (κ3) is 4.85. The van der Waals surface area contributed by atoms with E-state index in [1.54, 1.807) is 27.3 Å². The van der Waals surface area contributed by atoms with Crippen LogP contribution in [-0.4, -0.2) is 20.2 Å². The van der Waals surface area contributed by atoms with Gasteiger partial charge in [0, 0.05) is 18.3 Å². The summed E-state index contributed by atoms with van der Waals surface area (Å²) in [5.41, 5.74) is 3.96. The van der Waals surface area contributed by atoms with E-state index in [9.17, 15) is 19.1 Å². The average molecular weight is 439 g/mol. The second-order valence-corrected chi connectivity index (χ2v) is 8.33. The van der Waals surface area contributed by atoms with E-state index in [1.165, 1.54) is 0 Å². The molecule has 0 amide bonds. The zero-order valence-corrected chi connectivity index (χ0v) is 19.0. The summed E-state index contributed by atoms with van der Waals surface area (Å²) in [5.74, 6) is -0.956. The van der Waals surface area contributed by atoms with E-state index in [4.69, 9.17) is 0 Å². The molecule has 170 valence electrons. The molecule has 0 unspecified atom stereocenters. The fourth-order valence-electron chi connectivity index (χ4n) is 4.20. The highest BCUT2D eigenvalue weighted by molar-refractivity contribution is 5.95. The van der Waals surface area contributed by atoms with Gasteiger partial charge in [-0.2, -0.15) is 0 Å². The molecule has 0 atom stereocenters. The van der Waals surface area contributed by atoms with E-state index >= 15 is 0 Å². The summed E-state index contributed by atoms with van der Waals surface area (Å²) in [6.07, 6.45) is 3.21. The van der Waals surface area contributed by atoms with Crippen LogP contribution in [0.5, 0.6) is 0 Å². The van der Waals surface area contributed by atoms with E-state index in [1.807, 2.05) is 44.2 Å². The van der Waals surface area contributed by atoms with E-state index < -0.39 is 12.6 Å². The molecule has 5 nitrogen and oxygen atoms in total. The topological polar surface area (TPSA) is 64.2 Å². The zero-order chi connectivity index (χ0) is 23.3. The van der Waals surface area contributed by atoms with Gasteiger partial charge in [-0.05, 0) is 55.9 Å². The number of carboxylic acids is 1. The van der Waals surface area contributed by atoms with Gasteiger partial charge in [-0.3, -0.25) is 9.13 Å². The highest BCUT2D eigenvalue weighted by Crippen LogP contribution is 2.24. The second kappa shape index (κ2) is 10.4. The minimum absolute atomic E-state index is 0.0940. The van der Waals surface area contributed by atoms with Crippen LogP contribution in [0.3, 0.4) is 0 Å². The number of rotatable bonds is 10. The van der Waals surface area contributed by atoms with Crippen molar-refractivity contribution in [2.24, 2.45) is 0 Å². The van der Waals surface area contributed by atoms with Gasteiger partial charge in [-0.1, -0.05) is 55.8 Å². The Balaban J connectivity index is 1.86. The third-order valence-corrected chi connectivity index (χ3v) is 5.84.